The second-order valence-corrected chi connectivity index (χ2v) is 8.24. The van der Waals surface area contributed by atoms with Gasteiger partial charge in [-0.25, -0.2) is 8.42 Å². The minimum Gasteiger partial charge on any atom is -0.305 e. The average Bonchev–Trinajstić information content (AvgIpc) is 2.30. The van der Waals surface area contributed by atoms with Crippen molar-refractivity contribution < 1.29 is 13.2 Å². The summed E-state index contributed by atoms with van der Waals surface area (Å²) >= 11 is 0. The summed E-state index contributed by atoms with van der Waals surface area (Å²) in [4.78, 5) is 13.9. The second kappa shape index (κ2) is 7.39. The van der Waals surface area contributed by atoms with Gasteiger partial charge in [0, 0.05) is 31.7 Å². The van der Waals surface area contributed by atoms with Gasteiger partial charge >= 0.3 is 0 Å². The van der Waals surface area contributed by atoms with Crippen molar-refractivity contribution in [1.29, 1.82) is 0 Å². The molecule has 0 aromatic rings. The fourth-order valence-corrected chi connectivity index (χ4v) is 3.48. The Kier molecular flexibility index (Phi) is 6.47. The van der Waals surface area contributed by atoms with Crippen molar-refractivity contribution in [3.05, 3.63) is 0 Å². The quantitative estimate of drug-likeness (QED) is 0.716. The first-order valence-electron chi connectivity index (χ1n) is 7.20. The first-order valence-corrected chi connectivity index (χ1v) is 9.27. The zero-order chi connectivity index (χ0) is 14.5. The van der Waals surface area contributed by atoms with Gasteiger partial charge in [-0.3, -0.25) is 4.79 Å². The Hall–Kier alpha value is -0.420. The standard InChI is InChI=1S/C14H27NO3S/c1-4-5-12-6-7-14(16)13(10-12)11-15(2)8-9-19(3,17)18/h12-13H,4-11H2,1-3H3. The summed E-state index contributed by atoms with van der Waals surface area (Å²) in [6.45, 7) is 3.40. The molecule has 2 unspecified atom stereocenters. The minimum absolute atomic E-state index is 0.106. The highest BCUT2D eigenvalue weighted by molar-refractivity contribution is 7.90. The fraction of sp³-hybridized carbons (Fsp3) is 0.929. The van der Waals surface area contributed by atoms with Crippen molar-refractivity contribution in [3.63, 3.8) is 0 Å². The molecule has 112 valence electrons. The predicted molar refractivity (Wildman–Crippen MR) is 78.0 cm³/mol. The van der Waals surface area contributed by atoms with E-state index >= 15 is 0 Å². The number of ketones is 1. The third-order valence-corrected chi connectivity index (χ3v) is 4.87. The van der Waals surface area contributed by atoms with E-state index in [2.05, 4.69) is 6.92 Å². The highest BCUT2D eigenvalue weighted by Crippen LogP contribution is 2.30. The van der Waals surface area contributed by atoms with Gasteiger partial charge in [-0.2, -0.15) is 0 Å². The second-order valence-electron chi connectivity index (χ2n) is 5.98. The zero-order valence-corrected chi connectivity index (χ0v) is 13.2. The maximum Gasteiger partial charge on any atom is 0.148 e. The van der Waals surface area contributed by atoms with E-state index in [9.17, 15) is 13.2 Å². The molecule has 1 aliphatic carbocycles. The van der Waals surface area contributed by atoms with E-state index in [4.69, 9.17) is 0 Å². The Balaban J connectivity index is 2.42. The molecule has 5 heteroatoms. The van der Waals surface area contributed by atoms with E-state index in [1.165, 1.54) is 19.1 Å². The van der Waals surface area contributed by atoms with Gasteiger partial charge in [-0.05, 0) is 25.8 Å². The number of hydrogen-bond donors (Lipinski definition) is 0. The molecule has 0 aliphatic heterocycles. The molecule has 0 amide bonds. The molecule has 4 nitrogen and oxygen atoms in total. The zero-order valence-electron chi connectivity index (χ0n) is 12.4. The highest BCUT2D eigenvalue weighted by Gasteiger charge is 2.28. The van der Waals surface area contributed by atoms with Gasteiger partial charge in [-0.15, -0.1) is 0 Å². The number of Topliss-reactive ketones (excluding diaryl/α,β-unsaturated/α-hetero) is 1. The van der Waals surface area contributed by atoms with E-state index in [1.54, 1.807) is 0 Å². The minimum atomic E-state index is -2.92. The molecule has 0 heterocycles. The normalized spacial score (nSPS) is 24.9. The van der Waals surface area contributed by atoms with Gasteiger partial charge in [0.15, 0.2) is 0 Å². The number of sulfone groups is 1. The number of carbonyl (C=O) groups is 1. The maximum atomic E-state index is 11.9. The summed E-state index contributed by atoms with van der Waals surface area (Å²) in [7, 11) is -1.01. The Morgan fingerprint density at radius 1 is 1.37 bits per heavy atom. The lowest BCUT2D eigenvalue weighted by molar-refractivity contribution is -0.126. The molecule has 19 heavy (non-hydrogen) atoms. The first kappa shape index (κ1) is 16.6. The van der Waals surface area contributed by atoms with Crippen molar-refractivity contribution in [2.45, 2.75) is 39.0 Å². The molecule has 0 aromatic heterocycles. The van der Waals surface area contributed by atoms with Gasteiger partial charge < -0.3 is 4.90 Å². The fourth-order valence-electron chi connectivity index (χ4n) is 2.84. The average molecular weight is 289 g/mol. The molecule has 1 fully saturated rings. The summed E-state index contributed by atoms with van der Waals surface area (Å²) in [5, 5.41) is 0. The molecule has 0 bridgehead atoms. The third kappa shape index (κ3) is 6.52. The maximum absolute atomic E-state index is 11.9. The molecule has 0 saturated heterocycles. The highest BCUT2D eigenvalue weighted by atomic mass is 32.2. The van der Waals surface area contributed by atoms with Gasteiger partial charge in [0.25, 0.3) is 0 Å². The summed E-state index contributed by atoms with van der Waals surface area (Å²) in [5.74, 6) is 1.31. The van der Waals surface area contributed by atoms with E-state index < -0.39 is 9.84 Å². The molecule has 0 aromatic carbocycles. The number of nitrogens with zero attached hydrogens (tertiary/aromatic N) is 1. The molecule has 0 radical (unpaired) electrons. The van der Waals surface area contributed by atoms with Crippen LogP contribution in [0.5, 0.6) is 0 Å². The summed E-state index contributed by atoms with van der Waals surface area (Å²) < 4.78 is 22.3. The van der Waals surface area contributed by atoms with Gasteiger partial charge in [0.2, 0.25) is 0 Å². The molecule has 1 rings (SSSR count). The van der Waals surface area contributed by atoms with Crippen LogP contribution in [0, 0.1) is 11.8 Å². The topological polar surface area (TPSA) is 54.5 Å². The molecular weight excluding hydrogens is 262 g/mol. The monoisotopic (exact) mass is 289 g/mol. The van der Waals surface area contributed by atoms with Crippen molar-refractivity contribution in [1.82, 2.24) is 4.90 Å². The lowest BCUT2D eigenvalue weighted by Crippen LogP contribution is -2.36. The Labute approximate surface area is 117 Å². The number of hydrogen-bond acceptors (Lipinski definition) is 4. The summed E-state index contributed by atoms with van der Waals surface area (Å²) in [6, 6.07) is 0. The third-order valence-electron chi connectivity index (χ3n) is 3.94. The smallest absolute Gasteiger partial charge is 0.148 e. The van der Waals surface area contributed by atoms with E-state index in [1.807, 2.05) is 11.9 Å². The summed E-state index contributed by atoms with van der Waals surface area (Å²) in [6.07, 6.45) is 6.36. The van der Waals surface area contributed by atoms with E-state index in [0.29, 0.717) is 31.2 Å². The Morgan fingerprint density at radius 2 is 2.05 bits per heavy atom. The first-order chi connectivity index (χ1) is 8.81. The van der Waals surface area contributed by atoms with Crippen LogP contribution < -0.4 is 0 Å². The molecule has 0 N–H and O–H groups in total. The van der Waals surface area contributed by atoms with Gasteiger partial charge in [0.1, 0.15) is 15.6 Å². The molecular formula is C14H27NO3S. The number of carbonyl (C=O) groups excluding carboxylic acids is 1. The molecule has 0 spiro atoms. The van der Waals surface area contributed by atoms with Gasteiger partial charge in [-0.1, -0.05) is 19.8 Å². The van der Waals surface area contributed by atoms with Crippen LogP contribution in [0.4, 0.5) is 0 Å². The van der Waals surface area contributed by atoms with Crippen LogP contribution in [0.25, 0.3) is 0 Å². The van der Waals surface area contributed by atoms with Crippen molar-refractivity contribution in [2.75, 3.05) is 32.1 Å². The van der Waals surface area contributed by atoms with Crippen molar-refractivity contribution >= 4 is 15.6 Å². The molecule has 2 atom stereocenters. The van der Waals surface area contributed by atoms with E-state index in [-0.39, 0.29) is 11.7 Å². The van der Waals surface area contributed by atoms with Gasteiger partial charge in [0.05, 0.1) is 5.75 Å². The lowest BCUT2D eigenvalue weighted by Gasteiger charge is -2.30. The van der Waals surface area contributed by atoms with Crippen LogP contribution in [-0.2, 0) is 14.6 Å². The van der Waals surface area contributed by atoms with E-state index in [0.717, 1.165) is 12.8 Å². The largest absolute Gasteiger partial charge is 0.305 e. The van der Waals surface area contributed by atoms with Crippen molar-refractivity contribution in [2.24, 2.45) is 11.8 Å². The predicted octanol–water partition coefficient (Wildman–Crippen LogP) is 1.75. The van der Waals surface area contributed by atoms with Crippen LogP contribution in [0.1, 0.15) is 39.0 Å². The van der Waals surface area contributed by atoms with Crippen molar-refractivity contribution in [3.8, 4) is 0 Å². The SMILES string of the molecule is CCCC1CCC(=O)C(CN(C)CCS(C)(=O)=O)C1. The summed E-state index contributed by atoms with van der Waals surface area (Å²) in [5.41, 5.74) is 0. The Morgan fingerprint density at radius 3 is 2.63 bits per heavy atom. The van der Waals surface area contributed by atoms with Crippen LogP contribution in [-0.4, -0.2) is 51.2 Å². The van der Waals surface area contributed by atoms with Crippen LogP contribution in [0.15, 0.2) is 0 Å². The van der Waals surface area contributed by atoms with Crippen LogP contribution in [0.3, 0.4) is 0 Å². The van der Waals surface area contributed by atoms with Crippen LogP contribution >= 0.6 is 0 Å². The molecule has 1 aliphatic rings. The molecule has 1 saturated carbocycles. The number of rotatable bonds is 7. The Bertz CT molecular complexity index is 391. The lowest BCUT2D eigenvalue weighted by atomic mass is 9.78. The van der Waals surface area contributed by atoms with Crippen LogP contribution in [0.2, 0.25) is 0 Å².